The Hall–Kier alpha value is -1.03. The minimum atomic E-state index is -1.06. The molecule has 1 aromatic rings. The summed E-state index contributed by atoms with van der Waals surface area (Å²) in [6, 6.07) is 0.665. The number of halogens is 3. The predicted octanol–water partition coefficient (Wildman–Crippen LogP) is 2.45. The summed E-state index contributed by atoms with van der Waals surface area (Å²) in [5.74, 6) is -2.67. The molecule has 1 atom stereocenters. The van der Waals surface area contributed by atoms with Crippen LogP contribution < -0.4 is 5.32 Å². The van der Waals surface area contributed by atoms with Gasteiger partial charge in [0.1, 0.15) is 5.82 Å². The lowest BCUT2D eigenvalue weighted by Crippen LogP contribution is -2.36. The van der Waals surface area contributed by atoms with Crippen LogP contribution in [0.2, 0.25) is 0 Å². The third kappa shape index (κ3) is 1.30. The quantitative estimate of drug-likeness (QED) is 0.688. The normalized spacial score (nSPS) is 20.7. The second-order valence-electron chi connectivity index (χ2n) is 3.51. The van der Waals surface area contributed by atoms with Crippen LogP contribution in [0.5, 0.6) is 0 Å². The molecule has 0 spiro atoms. The van der Waals surface area contributed by atoms with Gasteiger partial charge >= 0.3 is 0 Å². The lowest BCUT2D eigenvalue weighted by atomic mass is 9.95. The summed E-state index contributed by atoms with van der Waals surface area (Å²) in [5, 5.41) is 2.84. The predicted molar refractivity (Wildman–Crippen MR) is 46.4 cm³/mol. The van der Waals surface area contributed by atoms with Gasteiger partial charge in [-0.3, -0.25) is 0 Å². The first kappa shape index (κ1) is 9.52. The second kappa shape index (κ2) is 3.28. The lowest BCUT2D eigenvalue weighted by molar-refractivity contribution is 0.347. The van der Waals surface area contributed by atoms with Crippen molar-refractivity contribution in [1.29, 1.82) is 0 Å². The molecule has 14 heavy (non-hydrogen) atoms. The molecule has 76 valence electrons. The Kier molecular flexibility index (Phi) is 2.23. The molecule has 1 saturated heterocycles. The van der Waals surface area contributed by atoms with E-state index in [2.05, 4.69) is 5.32 Å². The first-order chi connectivity index (χ1) is 6.61. The average Bonchev–Trinajstić information content (AvgIpc) is 2.05. The van der Waals surface area contributed by atoms with Crippen LogP contribution in [-0.4, -0.2) is 6.54 Å². The van der Waals surface area contributed by atoms with Crippen LogP contribution >= 0.6 is 0 Å². The smallest absolute Gasteiger partial charge is 0.166 e. The van der Waals surface area contributed by atoms with Gasteiger partial charge in [0.2, 0.25) is 0 Å². The Morgan fingerprint density at radius 1 is 1.29 bits per heavy atom. The number of aryl methyl sites for hydroxylation is 1. The first-order valence-corrected chi connectivity index (χ1v) is 4.48. The Bertz CT molecular complexity index is 372. The highest BCUT2D eigenvalue weighted by molar-refractivity contribution is 5.30. The van der Waals surface area contributed by atoms with Crippen LogP contribution in [0.25, 0.3) is 0 Å². The second-order valence-corrected chi connectivity index (χ2v) is 3.51. The number of hydrogen-bond donors (Lipinski definition) is 1. The van der Waals surface area contributed by atoms with Crippen molar-refractivity contribution in [1.82, 2.24) is 5.32 Å². The molecule has 4 heteroatoms. The van der Waals surface area contributed by atoms with E-state index in [4.69, 9.17) is 0 Å². The summed E-state index contributed by atoms with van der Waals surface area (Å²) < 4.78 is 39.8. The van der Waals surface area contributed by atoms with Gasteiger partial charge in [0, 0.05) is 11.6 Å². The van der Waals surface area contributed by atoms with Crippen molar-refractivity contribution in [2.45, 2.75) is 19.4 Å². The largest absolute Gasteiger partial charge is 0.310 e. The molecule has 1 aliphatic heterocycles. The fraction of sp³-hybridized carbons (Fsp3) is 0.400. The molecule has 0 aromatic heterocycles. The maximum Gasteiger partial charge on any atom is 0.166 e. The van der Waals surface area contributed by atoms with Gasteiger partial charge in [0.05, 0.1) is 0 Å². The maximum absolute atomic E-state index is 13.3. The van der Waals surface area contributed by atoms with Crippen molar-refractivity contribution >= 4 is 0 Å². The molecule has 1 heterocycles. The molecule has 1 fully saturated rings. The van der Waals surface area contributed by atoms with Gasteiger partial charge in [-0.1, -0.05) is 0 Å². The standard InChI is InChI=1S/C10H10F3N/c1-5-4-6(11)8(7-2-3-14-7)10(13)9(5)12/h4,7,14H,2-3H2,1H3/t7-/m0/s1. The summed E-state index contributed by atoms with van der Waals surface area (Å²) in [5.41, 5.74) is -0.164. The molecular weight excluding hydrogens is 191 g/mol. The minimum Gasteiger partial charge on any atom is -0.310 e. The number of benzene rings is 1. The lowest BCUT2D eigenvalue weighted by Gasteiger charge is -2.28. The van der Waals surface area contributed by atoms with E-state index in [-0.39, 0.29) is 17.2 Å². The molecule has 0 aliphatic carbocycles. The molecule has 0 bridgehead atoms. The van der Waals surface area contributed by atoms with Crippen molar-refractivity contribution in [2.24, 2.45) is 0 Å². The van der Waals surface area contributed by atoms with Crippen LogP contribution in [-0.2, 0) is 0 Å². The Morgan fingerprint density at radius 3 is 2.43 bits per heavy atom. The molecule has 0 unspecified atom stereocenters. The van der Waals surface area contributed by atoms with E-state index >= 15 is 0 Å². The monoisotopic (exact) mass is 201 g/mol. The fourth-order valence-electron chi connectivity index (χ4n) is 1.58. The van der Waals surface area contributed by atoms with Crippen molar-refractivity contribution < 1.29 is 13.2 Å². The van der Waals surface area contributed by atoms with E-state index in [9.17, 15) is 13.2 Å². The number of nitrogens with one attached hydrogen (secondary N) is 1. The first-order valence-electron chi connectivity index (χ1n) is 4.48. The zero-order chi connectivity index (χ0) is 10.3. The topological polar surface area (TPSA) is 12.0 Å². The van der Waals surface area contributed by atoms with Gasteiger partial charge in [-0.25, -0.2) is 13.2 Å². The fourth-order valence-corrected chi connectivity index (χ4v) is 1.58. The Labute approximate surface area is 79.9 Å². The number of rotatable bonds is 1. The highest BCUT2D eigenvalue weighted by Crippen LogP contribution is 2.30. The summed E-state index contributed by atoms with van der Waals surface area (Å²) in [4.78, 5) is 0. The van der Waals surface area contributed by atoms with E-state index in [0.29, 0.717) is 6.42 Å². The maximum atomic E-state index is 13.3. The SMILES string of the molecule is Cc1cc(F)c([C@@H]2CCN2)c(F)c1F. The highest BCUT2D eigenvalue weighted by Gasteiger charge is 2.27. The third-order valence-electron chi connectivity index (χ3n) is 2.55. The van der Waals surface area contributed by atoms with Gasteiger partial charge in [0.15, 0.2) is 11.6 Å². The highest BCUT2D eigenvalue weighted by atomic mass is 19.2. The zero-order valence-corrected chi connectivity index (χ0v) is 7.70. The van der Waals surface area contributed by atoms with Crippen LogP contribution in [0, 0.1) is 24.4 Å². The summed E-state index contributed by atoms with van der Waals surface area (Å²) >= 11 is 0. The van der Waals surface area contributed by atoms with Crippen LogP contribution in [0.4, 0.5) is 13.2 Å². The van der Waals surface area contributed by atoms with Gasteiger partial charge in [0.25, 0.3) is 0 Å². The van der Waals surface area contributed by atoms with E-state index in [1.165, 1.54) is 6.92 Å². The zero-order valence-electron chi connectivity index (χ0n) is 7.70. The molecule has 2 rings (SSSR count). The minimum absolute atomic E-state index is 0.00285. The van der Waals surface area contributed by atoms with Crippen LogP contribution in [0.3, 0.4) is 0 Å². The molecule has 1 aliphatic rings. The Morgan fingerprint density at radius 2 is 1.93 bits per heavy atom. The van der Waals surface area contributed by atoms with Crippen molar-refractivity contribution in [3.05, 3.63) is 34.6 Å². The molecule has 0 saturated carbocycles. The van der Waals surface area contributed by atoms with E-state index in [1.807, 2.05) is 0 Å². The van der Waals surface area contributed by atoms with Crippen LogP contribution in [0.1, 0.15) is 23.6 Å². The van der Waals surface area contributed by atoms with E-state index < -0.39 is 17.5 Å². The van der Waals surface area contributed by atoms with E-state index in [1.54, 1.807) is 0 Å². The van der Waals surface area contributed by atoms with Crippen molar-refractivity contribution in [3.63, 3.8) is 0 Å². The molecule has 0 amide bonds. The summed E-state index contributed by atoms with van der Waals surface area (Å²) in [6.07, 6.45) is 0.649. The molecule has 1 nitrogen and oxygen atoms in total. The molecule has 0 radical (unpaired) electrons. The molecular formula is C10H10F3N. The van der Waals surface area contributed by atoms with Gasteiger partial charge in [-0.05, 0) is 31.5 Å². The molecule has 1 aromatic carbocycles. The number of hydrogen-bond acceptors (Lipinski definition) is 1. The average molecular weight is 201 g/mol. The van der Waals surface area contributed by atoms with Gasteiger partial charge in [-0.15, -0.1) is 0 Å². The van der Waals surface area contributed by atoms with Gasteiger partial charge in [-0.2, -0.15) is 0 Å². The summed E-state index contributed by atoms with van der Waals surface area (Å²) in [6.45, 7) is 2.07. The molecule has 1 N–H and O–H groups in total. The van der Waals surface area contributed by atoms with Crippen LogP contribution in [0.15, 0.2) is 6.07 Å². The van der Waals surface area contributed by atoms with Crippen molar-refractivity contribution in [2.75, 3.05) is 6.54 Å². The van der Waals surface area contributed by atoms with Gasteiger partial charge < -0.3 is 5.32 Å². The van der Waals surface area contributed by atoms with Crippen molar-refractivity contribution in [3.8, 4) is 0 Å². The third-order valence-corrected chi connectivity index (χ3v) is 2.55. The Balaban J connectivity index is 2.52. The van der Waals surface area contributed by atoms with E-state index in [0.717, 1.165) is 12.6 Å². The summed E-state index contributed by atoms with van der Waals surface area (Å²) in [7, 11) is 0.